The highest BCUT2D eigenvalue weighted by Crippen LogP contribution is 2.48. The van der Waals surface area contributed by atoms with Gasteiger partial charge in [-0.1, -0.05) is 0 Å². The van der Waals surface area contributed by atoms with Crippen molar-refractivity contribution in [1.82, 2.24) is 9.47 Å². The number of piperidine rings is 1. The summed E-state index contributed by atoms with van der Waals surface area (Å²) in [5.74, 6) is 1.61. The molecule has 4 heterocycles. The third kappa shape index (κ3) is 1.48. The molecule has 0 radical (unpaired) electrons. The van der Waals surface area contributed by atoms with Crippen LogP contribution in [0.4, 0.5) is 0 Å². The van der Waals surface area contributed by atoms with Gasteiger partial charge < -0.3 is 4.74 Å². The molecule has 1 fully saturated rings. The van der Waals surface area contributed by atoms with Gasteiger partial charge in [-0.25, -0.2) is 0 Å². The highest BCUT2D eigenvalue weighted by Gasteiger charge is 2.44. The van der Waals surface area contributed by atoms with Crippen molar-refractivity contribution < 1.29 is 9.53 Å². The minimum atomic E-state index is 0.268. The monoisotopic (exact) mass is 296 g/mol. The molecule has 1 saturated heterocycles. The van der Waals surface area contributed by atoms with Gasteiger partial charge in [0.2, 0.25) is 5.91 Å². The van der Waals surface area contributed by atoms with E-state index >= 15 is 0 Å². The number of fused-ring (bicyclic) bond motifs is 3. The molecule has 0 amide bonds. The quantitative estimate of drug-likeness (QED) is 0.811. The fourth-order valence-electron chi connectivity index (χ4n) is 4.91. The summed E-state index contributed by atoms with van der Waals surface area (Å²) in [5.41, 5.74) is 3.73. The molecular weight excluding hydrogens is 276 g/mol. The van der Waals surface area contributed by atoms with Crippen LogP contribution in [0.5, 0.6) is 5.75 Å². The Morgan fingerprint density at radius 2 is 2.18 bits per heavy atom. The number of hydrogen-bond donors (Lipinski definition) is 0. The third-order valence-corrected chi connectivity index (χ3v) is 5.80. The number of benzene rings is 1. The highest BCUT2D eigenvalue weighted by molar-refractivity contribution is 5.98. The van der Waals surface area contributed by atoms with E-state index in [9.17, 15) is 4.79 Å². The van der Waals surface area contributed by atoms with E-state index in [2.05, 4.69) is 11.0 Å². The lowest BCUT2D eigenvalue weighted by Gasteiger charge is -2.46. The fourth-order valence-corrected chi connectivity index (χ4v) is 4.91. The molecule has 4 heteroatoms. The first-order chi connectivity index (χ1) is 10.8. The van der Waals surface area contributed by atoms with Crippen molar-refractivity contribution in [2.24, 2.45) is 5.92 Å². The Morgan fingerprint density at radius 1 is 1.27 bits per heavy atom. The number of methoxy groups -OCH3 is 1. The Hall–Kier alpha value is -1.81. The number of hydrogen-bond acceptors (Lipinski definition) is 3. The van der Waals surface area contributed by atoms with Crippen molar-refractivity contribution in [3.63, 3.8) is 0 Å². The Morgan fingerprint density at radius 3 is 3.05 bits per heavy atom. The van der Waals surface area contributed by atoms with Gasteiger partial charge in [-0.2, -0.15) is 0 Å². The summed E-state index contributed by atoms with van der Waals surface area (Å²) < 4.78 is 7.38. The zero-order chi connectivity index (χ0) is 14.8. The topological polar surface area (TPSA) is 34.5 Å². The van der Waals surface area contributed by atoms with Crippen LogP contribution in [0.25, 0.3) is 10.9 Å². The second-order valence-electron chi connectivity index (χ2n) is 6.81. The molecule has 22 heavy (non-hydrogen) atoms. The third-order valence-electron chi connectivity index (χ3n) is 5.80. The Labute approximate surface area is 129 Å². The van der Waals surface area contributed by atoms with Crippen LogP contribution < -0.4 is 4.74 Å². The molecule has 2 aromatic rings. The Kier molecular flexibility index (Phi) is 2.51. The summed E-state index contributed by atoms with van der Waals surface area (Å²) in [6.45, 7) is 2.31. The van der Waals surface area contributed by atoms with Crippen LogP contribution in [0.3, 0.4) is 0 Å². The smallest absolute Gasteiger partial charge is 0.231 e. The SMILES string of the molecule is COc1ccc2c3c4n(c2c1)C(=O)C[C@H]1CCCN(CC3)[C@@H]41. The largest absolute Gasteiger partial charge is 0.497 e. The zero-order valence-corrected chi connectivity index (χ0v) is 12.8. The van der Waals surface area contributed by atoms with Gasteiger partial charge >= 0.3 is 0 Å². The molecule has 0 N–H and O–H groups in total. The molecule has 4 nitrogen and oxygen atoms in total. The Balaban J connectivity index is 1.83. The zero-order valence-electron chi connectivity index (χ0n) is 12.8. The molecule has 0 unspecified atom stereocenters. The maximum Gasteiger partial charge on any atom is 0.231 e. The number of aromatic nitrogens is 1. The molecule has 3 aliphatic heterocycles. The number of nitrogens with zero attached hydrogens (tertiary/aromatic N) is 2. The summed E-state index contributed by atoms with van der Waals surface area (Å²) in [6.07, 6.45) is 4.17. The molecular formula is C18H20N2O2. The van der Waals surface area contributed by atoms with E-state index in [0.717, 1.165) is 24.2 Å². The summed E-state index contributed by atoms with van der Waals surface area (Å²) in [6, 6.07) is 6.63. The van der Waals surface area contributed by atoms with E-state index in [-0.39, 0.29) is 5.91 Å². The van der Waals surface area contributed by atoms with E-state index < -0.39 is 0 Å². The first-order valence-electron chi connectivity index (χ1n) is 8.26. The first kappa shape index (κ1) is 12.7. The molecule has 0 bridgehead atoms. The van der Waals surface area contributed by atoms with E-state index in [4.69, 9.17) is 4.74 Å². The van der Waals surface area contributed by atoms with Gasteiger partial charge in [0, 0.05) is 30.1 Å². The molecule has 2 atom stereocenters. The number of rotatable bonds is 1. The number of carbonyl (C=O) groups is 1. The van der Waals surface area contributed by atoms with Crippen molar-refractivity contribution in [3.05, 3.63) is 29.5 Å². The van der Waals surface area contributed by atoms with Crippen LogP contribution >= 0.6 is 0 Å². The molecule has 0 saturated carbocycles. The van der Waals surface area contributed by atoms with Crippen molar-refractivity contribution in [2.75, 3.05) is 20.2 Å². The van der Waals surface area contributed by atoms with E-state index in [1.165, 1.54) is 36.0 Å². The van der Waals surface area contributed by atoms with Crippen molar-refractivity contribution in [1.29, 1.82) is 0 Å². The average Bonchev–Trinajstić information content (AvgIpc) is 2.88. The minimum absolute atomic E-state index is 0.268. The van der Waals surface area contributed by atoms with Gasteiger partial charge in [-0.05, 0) is 49.4 Å². The summed E-state index contributed by atoms with van der Waals surface area (Å²) >= 11 is 0. The lowest BCUT2D eigenvalue weighted by Crippen LogP contribution is -2.47. The van der Waals surface area contributed by atoms with Crippen molar-refractivity contribution in [2.45, 2.75) is 31.7 Å². The summed E-state index contributed by atoms with van der Waals surface area (Å²) in [7, 11) is 1.68. The van der Waals surface area contributed by atoms with Gasteiger partial charge in [-0.3, -0.25) is 14.3 Å². The summed E-state index contributed by atoms with van der Waals surface area (Å²) in [4.78, 5) is 15.4. The van der Waals surface area contributed by atoms with E-state index in [0.29, 0.717) is 18.4 Å². The van der Waals surface area contributed by atoms with E-state index in [1.807, 2.05) is 16.7 Å². The number of carbonyl (C=O) groups excluding carboxylic acids is 1. The second-order valence-corrected chi connectivity index (χ2v) is 6.81. The van der Waals surface area contributed by atoms with Crippen LogP contribution in [-0.4, -0.2) is 35.6 Å². The molecule has 0 spiro atoms. The average molecular weight is 296 g/mol. The van der Waals surface area contributed by atoms with Crippen LogP contribution in [0.1, 0.15) is 41.4 Å². The normalized spacial score (nSPS) is 27.0. The lowest BCUT2D eigenvalue weighted by atomic mass is 9.79. The molecule has 114 valence electrons. The number of ether oxygens (including phenoxy) is 1. The first-order valence-corrected chi connectivity index (χ1v) is 8.26. The van der Waals surface area contributed by atoms with Crippen LogP contribution in [0, 0.1) is 5.92 Å². The standard InChI is InChI=1S/C18H20N2O2/c1-22-12-4-5-13-14-6-8-19-7-2-3-11-9-16(21)20(15(13)10-12)18(14)17(11)19/h4-5,10-11,17H,2-3,6-9H2,1H3/t11-,17-/m1/s1. The molecule has 3 aliphatic rings. The molecule has 1 aromatic carbocycles. The Bertz CT molecular complexity index is 792. The predicted octanol–water partition coefficient (Wildman–Crippen LogP) is 3.00. The van der Waals surface area contributed by atoms with Gasteiger partial charge in [-0.15, -0.1) is 0 Å². The maximum absolute atomic E-state index is 12.8. The van der Waals surface area contributed by atoms with Crippen molar-refractivity contribution in [3.8, 4) is 5.75 Å². The second kappa shape index (κ2) is 4.35. The lowest BCUT2D eigenvalue weighted by molar-refractivity contribution is 0.0478. The fraction of sp³-hybridized carbons (Fsp3) is 0.500. The van der Waals surface area contributed by atoms with Gasteiger partial charge in [0.25, 0.3) is 0 Å². The maximum atomic E-state index is 12.8. The van der Waals surface area contributed by atoms with E-state index in [1.54, 1.807) is 7.11 Å². The van der Waals surface area contributed by atoms with Crippen LogP contribution in [-0.2, 0) is 6.42 Å². The predicted molar refractivity (Wildman–Crippen MR) is 84.5 cm³/mol. The molecule has 5 rings (SSSR count). The molecule has 0 aliphatic carbocycles. The minimum Gasteiger partial charge on any atom is -0.497 e. The van der Waals surface area contributed by atoms with Gasteiger partial charge in [0.05, 0.1) is 18.7 Å². The summed E-state index contributed by atoms with van der Waals surface area (Å²) in [5, 5.41) is 1.25. The highest BCUT2D eigenvalue weighted by atomic mass is 16.5. The van der Waals surface area contributed by atoms with Gasteiger partial charge in [0.1, 0.15) is 5.75 Å². The molecule has 1 aromatic heterocycles. The van der Waals surface area contributed by atoms with Crippen LogP contribution in [0.2, 0.25) is 0 Å². The van der Waals surface area contributed by atoms with Crippen molar-refractivity contribution >= 4 is 16.8 Å². The van der Waals surface area contributed by atoms with Gasteiger partial charge in [0.15, 0.2) is 0 Å². The van der Waals surface area contributed by atoms with Crippen LogP contribution in [0.15, 0.2) is 18.2 Å².